The summed E-state index contributed by atoms with van der Waals surface area (Å²) in [6.45, 7) is 7.59. The number of oxime groups is 1. The number of ether oxygens (including phenoxy) is 1. The fourth-order valence-corrected chi connectivity index (χ4v) is 5.38. The van der Waals surface area contributed by atoms with Crippen molar-refractivity contribution in [1.29, 1.82) is 0 Å². The molecule has 1 saturated heterocycles. The van der Waals surface area contributed by atoms with Gasteiger partial charge in [-0.05, 0) is 36.8 Å². The zero-order valence-corrected chi connectivity index (χ0v) is 20.7. The standard InChI is InChI=1S/C26H31FN4O3S/c1-18-28-25-14-22(6-7-26(25)35-18)33-17-21(32)16-31-12-10-30(11-13-31)9-8-23-15-24(29-34-23)19-2-4-20(27)5-3-19/h2-7,14,21,23,32H,8-13,15-17H2,1H3/t21-,23-/m1/s1. The van der Waals surface area contributed by atoms with E-state index in [4.69, 9.17) is 9.57 Å². The maximum atomic E-state index is 13.1. The number of rotatable bonds is 9. The third-order valence-electron chi connectivity index (χ3n) is 6.52. The number of piperazine rings is 1. The maximum Gasteiger partial charge on any atom is 0.134 e. The van der Waals surface area contributed by atoms with Gasteiger partial charge < -0.3 is 19.6 Å². The van der Waals surface area contributed by atoms with E-state index >= 15 is 0 Å². The highest BCUT2D eigenvalue weighted by molar-refractivity contribution is 7.18. The SMILES string of the molecule is Cc1nc2cc(OC[C@H](O)CN3CCN(CC[C@@H]4CC(c5ccc(F)cc5)=NO4)CC3)ccc2s1. The zero-order chi connectivity index (χ0) is 24.2. The summed E-state index contributed by atoms with van der Waals surface area (Å²) in [5.41, 5.74) is 2.75. The number of nitrogens with zero attached hydrogens (tertiary/aromatic N) is 4. The van der Waals surface area contributed by atoms with E-state index in [0.717, 1.165) is 77.8 Å². The van der Waals surface area contributed by atoms with Crippen LogP contribution in [0.1, 0.15) is 23.4 Å². The molecular weight excluding hydrogens is 467 g/mol. The average Bonchev–Trinajstić information content (AvgIpc) is 3.48. The van der Waals surface area contributed by atoms with Crippen molar-refractivity contribution < 1.29 is 19.1 Å². The molecule has 0 bridgehead atoms. The smallest absolute Gasteiger partial charge is 0.134 e. The molecule has 1 fully saturated rings. The van der Waals surface area contributed by atoms with Crippen molar-refractivity contribution in [3.63, 3.8) is 0 Å². The Balaban J connectivity index is 0.984. The third kappa shape index (κ3) is 6.35. The lowest BCUT2D eigenvalue weighted by Crippen LogP contribution is -2.49. The molecule has 2 aliphatic heterocycles. The van der Waals surface area contributed by atoms with Crippen LogP contribution in [0.3, 0.4) is 0 Å². The lowest BCUT2D eigenvalue weighted by molar-refractivity contribution is 0.0366. The first-order valence-corrected chi connectivity index (χ1v) is 12.9. The van der Waals surface area contributed by atoms with Crippen molar-refractivity contribution in [3.8, 4) is 5.75 Å². The second-order valence-electron chi connectivity index (χ2n) is 9.23. The Morgan fingerprint density at radius 3 is 2.71 bits per heavy atom. The van der Waals surface area contributed by atoms with Gasteiger partial charge in [0.25, 0.3) is 0 Å². The maximum absolute atomic E-state index is 13.1. The third-order valence-corrected chi connectivity index (χ3v) is 7.47. The summed E-state index contributed by atoms with van der Waals surface area (Å²) in [5, 5.41) is 15.7. The van der Waals surface area contributed by atoms with Gasteiger partial charge in [-0.3, -0.25) is 4.90 Å². The second kappa shape index (κ2) is 11.0. The zero-order valence-electron chi connectivity index (χ0n) is 19.9. The number of hydrogen-bond acceptors (Lipinski definition) is 8. The van der Waals surface area contributed by atoms with Crippen LogP contribution in [0.2, 0.25) is 0 Å². The number of benzene rings is 2. The number of halogens is 1. The number of aromatic nitrogens is 1. The van der Waals surface area contributed by atoms with Crippen LogP contribution in [0, 0.1) is 12.7 Å². The van der Waals surface area contributed by atoms with Crippen molar-refractivity contribution in [3.05, 3.63) is 58.9 Å². The lowest BCUT2D eigenvalue weighted by Gasteiger charge is -2.35. The van der Waals surface area contributed by atoms with Crippen LogP contribution in [0.5, 0.6) is 5.75 Å². The van der Waals surface area contributed by atoms with Crippen molar-refractivity contribution in [2.24, 2.45) is 5.16 Å². The molecule has 2 atom stereocenters. The number of aliphatic hydroxyl groups excluding tert-OH is 1. The van der Waals surface area contributed by atoms with Crippen LogP contribution in [-0.2, 0) is 4.84 Å². The van der Waals surface area contributed by atoms with E-state index in [-0.39, 0.29) is 18.5 Å². The summed E-state index contributed by atoms with van der Waals surface area (Å²) in [6.07, 6.45) is 1.20. The van der Waals surface area contributed by atoms with E-state index in [1.54, 1.807) is 23.5 Å². The minimum Gasteiger partial charge on any atom is -0.491 e. The minimum atomic E-state index is -0.539. The highest BCUT2D eigenvalue weighted by Crippen LogP contribution is 2.25. The van der Waals surface area contributed by atoms with Gasteiger partial charge in [0.2, 0.25) is 0 Å². The first kappa shape index (κ1) is 24.1. The monoisotopic (exact) mass is 498 g/mol. The average molecular weight is 499 g/mol. The molecule has 0 spiro atoms. The number of fused-ring (bicyclic) bond motifs is 1. The Bertz CT molecular complexity index is 1160. The summed E-state index contributed by atoms with van der Waals surface area (Å²) in [7, 11) is 0. The largest absolute Gasteiger partial charge is 0.491 e. The first-order chi connectivity index (χ1) is 17.0. The number of aryl methyl sites for hydroxylation is 1. The van der Waals surface area contributed by atoms with Gasteiger partial charge in [0.05, 0.1) is 20.9 Å². The van der Waals surface area contributed by atoms with Crippen LogP contribution < -0.4 is 4.74 Å². The lowest BCUT2D eigenvalue weighted by atomic mass is 10.0. The van der Waals surface area contributed by atoms with Crippen molar-refractivity contribution in [1.82, 2.24) is 14.8 Å². The van der Waals surface area contributed by atoms with Crippen molar-refractivity contribution in [2.75, 3.05) is 45.9 Å². The Labute approximate surface area is 208 Å². The Hall–Kier alpha value is -2.59. The van der Waals surface area contributed by atoms with Crippen molar-refractivity contribution in [2.45, 2.75) is 32.0 Å². The van der Waals surface area contributed by atoms with Gasteiger partial charge in [-0.2, -0.15) is 0 Å². The molecule has 1 N–H and O–H groups in total. The van der Waals surface area contributed by atoms with Gasteiger partial charge in [0, 0.05) is 58.2 Å². The Morgan fingerprint density at radius 1 is 1.14 bits per heavy atom. The van der Waals surface area contributed by atoms with Crippen LogP contribution in [0.25, 0.3) is 10.2 Å². The van der Waals surface area contributed by atoms with Crippen LogP contribution in [-0.4, -0.2) is 83.7 Å². The topological polar surface area (TPSA) is 70.4 Å². The van der Waals surface area contributed by atoms with E-state index in [2.05, 4.69) is 19.9 Å². The molecule has 2 aliphatic rings. The fraction of sp³-hybridized carbons (Fsp3) is 0.462. The molecule has 0 radical (unpaired) electrons. The molecule has 0 saturated carbocycles. The summed E-state index contributed by atoms with van der Waals surface area (Å²) in [6, 6.07) is 12.3. The molecule has 3 aromatic rings. The minimum absolute atomic E-state index is 0.0690. The van der Waals surface area contributed by atoms with Gasteiger partial charge >= 0.3 is 0 Å². The van der Waals surface area contributed by atoms with Crippen LogP contribution in [0.4, 0.5) is 4.39 Å². The molecule has 9 heteroatoms. The second-order valence-corrected chi connectivity index (χ2v) is 10.5. The predicted octanol–water partition coefficient (Wildman–Crippen LogP) is 3.68. The molecule has 3 heterocycles. The highest BCUT2D eigenvalue weighted by atomic mass is 32.1. The van der Waals surface area contributed by atoms with Gasteiger partial charge in [0.1, 0.15) is 30.4 Å². The van der Waals surface area contributed by atoms with Crippen LogP contribution >= 0.6 is 11.3 Å². The molecule has 7 nitrogen and oxygen atoms in total. The van der Waals surface area contributed by atoms with E-state index in [0.29, 0.717) is 6.54 Å². The number of aliphatic hydroxyl groups is 1. The highest BCUT2D eigenvalue weighted by Gasteiger charge is 2.25. The summed E-state index contributed by atoms with van der Waals surface area (Å²) < 4.78 is 20.1. The molecular formula is C26H31FN4O3S. The van der Waals surface area contributed by atoms with E-state index in [1.807, 2.05) is 25.1 Å². The molecule has 0 amide bonds. The van der Waals surface area contributed by atoms with E-state index in [1.165, 1.54) is 12.1 Å². The first-order valence-electron chi connectivity index (χ1n) is 12.1. The van der Waals surface area contributed by atoms with E-state index in [9.17, 15) is 9.50 Å². The number of hydrogen-bond donors (Lipinski definition) is 1. The Kier molecular flexibility index (Phi) is 7.57. The molecule has 35 heavy (non-hydrogen) atoms. The van der Waals surface area contributed by atoms with Gasteiger partial charge in [-0.1, -0.05) is 17.3 Å². The van der Waals surface area contributed by atoms with E-state index < -0.39 is 6.10 Å². The molecule has 1 aromatic heterocycles. The normalized spacial score (nSPS) is 20.1. The number of β-amino-alcohol motifs (C(OH)–C–C–N with tert-alkyl or cyclic N) is 1. The quantitative estimate of drug-likeness (QED) is 0.485. The van der Waals surface area contributed by atoms with Gasteiger partial charge in [-0.15, -0.1) is 11.3 Å². The fourth-order valence-electron chi connectivity index (χ4n) is 4.57. The molecule has 0 unspecified atom stereocenters. The summed E-state index contributed by atoms with van der Waals surface area (Å²) in [5.74, 6) is 0.500. The summed E-state index contributed by atoms with van der Waals surface area (Å²) >= 11 is 1.67. The number of thiazole rings is 1. The summed E-state index contributed by atoms with van der Waals surface area (Å²) in [4.78, 5) is 14.8. The van der Waals surface area contributed by atoms with Gasteiger partial charge in [-0.25, -0.2) is 9.37 Å². The molecule has 2 aromatic carbocycles. The molecule has 5 rings (SSSR count). The Morgan fingerprint density at radius 2 is 1.91 bits per heavy atom. The molecule has 186 valence electrons. The van der Waals surface area contributed by atoms with Crippen molar-refractivity contribution >= 4 is 27.3 Å². The predicted molar refractivity (Wildman–Crippen MR) is 136 cm³/mol. The molecule has 0 aliphatic carbocycles. The van der Waals surface area contributed by atoms with Crippen LogP contribution in [0.15, 0.2) is 47.6 Å². The van der Waals surface area contributed by atoms with Gasteiger partial charge in [0.15, 0.2) is 0 Å².